The maximum Gasteiger partial charge on any atom is 0.261 e. The fraction of sp³-hybridized carbons (Fsp3) is 0.278. The molecule has 0 atom stereocenters. The minimum Gasteiger partial charge on any atom is -0.339 e. The van der Waals surface area contributed by atoms with E-state index in [4.69, 9.17) is 23.2 Å². The minimum absolute atomic E-state index is 0.0212. The maximum absolute atomic E-state index is 12.8. The molecule has 26 heavy (non-hydrogen) atoms. The fourth-order valence-corrected chi connectivity index (χ4v) is 4.34. The van der Waals surface area contributed by atoms with Gasteiger partial charge in [-0.25, -0.2) is 8.42 Å². The van der Waals surface area contributed by atoms with E-state index < -0.39 is 10.0 Å². The summed E-state index contributed by atoms with van der Waals surface area (Å²) in [5, 5.41) is 0.415. The first-order valence-electron chi connectivity index (χ1n) is 8.25. The molecule has 2 aromatic carbocycles. The van der Waals surface area contributed by atoms with Crippen LogP contribution in [0.1, 0.15) is 29.6 Å². The number of carbonyl (C=O) groups is 1. The highest BCUT2D eigenvalue weighted by atomic mass is 35.5. The number of para-hydroxylation sites is 1. The molecule has 0 aromatic heterocycles. The Kier molecular flexibility index (Phi) is 5.75. The van der Waals surface area contributed by atoms with Crippen LogP contribution >= 0.6 is 23.2 Å². The van der Waals surface area contributed by atoms with Crippen LogP contribution in [0.4, 0.5) is 5.69 Å². The number of amides is 1. The third-order valence-corrected chi connectivity index (χ3v) is 6.35. The summed E-state index contributed by atoms with van der Waals surface area (Å²) < 4.78 is 27.8. The molecule has 0 aliphatic carbocycles. The van der Waals surface area contributed by atoms with Gasteiger partial charge in [0.1, 0.15) is 0 Å². The van der Waals surface area contributed by atoms with Crippen molar-refractivity contribution in [3.05, 3.63) is 58.1 Å². The Morgan fingerprint density at radius 3 is 2.35 bits per heavy atom. The fourth-order valence-electron chi connectivity index (χ4n) is 2.87. The average Bonchev–Trinajstić information content (AvgIpc) is 2.64. The minimum atomic E-state index is -3.90. The van der Waals surface area contributed by atoms with Gasteiger partial charge in [0.25, 0.3) is 15.9 Å². The van der Waals surface area contributed by atoms with Crippen molar-refractivity contribution < 1.29 is 13.2 Å². The number of likely N-dealkylation sites (tertiary alicyclic amines) is 1. The molecule has 1 amide bonds. The van der Waals surface area contributed by atoms with Crippen LogP contribution in [-0.2, 0) is 10.0 Å². The number of sulfonamides is 1. The lowest BCUT2D eigenvalue weighted by Gasteiger charge is -2.27. The van der Waals surface area contributed by atoms with E-state index in [9.17, 15) is 13.2 Å². The van der Waals surface area contributed by atoms with E-state index in [0.717, 1.165) is 19.3 Å². The Labute approximate surface area is 163 Å². The standard InChI is InChI=1S/C18H18Cl2N2O3S/c19-15-9-8-13(12-16(15)20)26(24,25)21-17-7-3-2-6-14(17)18(23)22-10-4-1-5-11-22/h2-3,6-9,12,21H,1,4-5,10-11H2. The van der Waals surface area contributed by atoms with Crippen molar-refractivity contribution in [2.75, 3.05) is 17.8 Å². The number of carbonyl (C=O) groups excluding carboxylic acids is 1. The summed E-state index contributed by atoms with van der Waals surface area (Å²) in [7, 11) is -3.90. The van der Waals surface area contributed by atoms with Crippen molar-refractivity contribution in [1.29, 1.82) is 0 Å². The SMILES string of the molecule is O=C(c1ccccc1NS(=O)(=O)c1ccc(Cl)c(Cl)c1)N1CCCCC1. The smallest absolute Gasteiger partial charge is 0.261 e. The van der Waals surface area contributed by atoms with Crippen LogP contribution in [0.5, 0.6) is 0 Å². The number of benzene rings is 2. The molecule has 5 nitrogen and oxygen atoms in total. The van der Waals surface area contributed by atoms with Gasteiger partial charge < -0.3 is 4.90 Å². The summed E-state index contributed by atoms with van der Waals surface area (Å²) in [6.07, 6.45) is 3.03. The molecule has 2 aromatic rings. The van der Waals surface area contributed by atoms with Crippen molar-refractivity contribution in [1.82, 2.24) is 4.90 Å². The normalized spacial score (nSPS) is 14.9. The molecular weight excluding hydrogens is 395 g/mol. The predicted molar refractivity (Wildman–Crippen MR) is 103 cm³/mol. The monoisotopic (exact) mass is 412 g/mol. The number of rotatable bonds is 4. The molecule has 138 valence electrons. The van der Waals surface area contributed by atoms with Gasteiger partial charge in [-0.3, -0.25) is 9.52 Å². The van der Waals surface area contributed by atoms with Gasteiger partial charge in [0, 0.05) is 13.1 Å². The molecule has 0 spiro atoms. The zero-order valence-electron chi connectivity index (χ0n) is 13.9. The van der Waals surface area contributed by atoms with Crippen molar-refractivity contribution in [3.63, 3.8) is 0 Å². The van der Waals surface area contributed by atoms with Gasteiger partial charge in [0.05, 0.1) is 26.2 Å². The molecular formula is C18H18Cl2N2O3S. The summed E-state index contributed by atoms with van der Waals surface area (Å²) in [5.41, 5.74) is 0.576. The maximum atomic E-state index is 12.8. The van der Waals surface area contributed by atoms with Crippen molar-refractivity contribution >= 4 is 44.8 Å². The highest BCUT2D eigenvalue weighted by Gasteiger charge is 2.23. The zero-order chi connectivity index (χ0) is 18.7. The van der Waals surface area contributed by atoms with Gasteiger partial charge in [-0.1, -0.05) is 35.3 Å². The molecule has 0 bridgehead atoms. The van der Waals surface area contributed by atoms with Crippen LogP contribution in [-0.4, -0.2) is 32.3 Å². The lowest BCUT2D eigenvalue weighted by molar-refractivity contribution is 0.0725. The lowest BCUT2D eigenvalue weighted by atomic mass is 10.1. The second-order valence-electron chi connectivity index (χ2n) is 6.08. The van der Waals surface area contributed by atoms with E-state index >= 15 is 0 Å². The molecule has 1 N–H and O–H groups in total. The van der Waals surface area contributed by atoms with E-state index in [2.05, 4.69) is 4.72 Å². The Bertz CT molecular complexity index is 926. The molecule has 1 saturated heterocycles. The van der Waals surface area contributed by atoms with E-state index in [1.807, 2.05) is 0 Å². The van der Waals surface area contributed by atoms with Gasteiger partial charge in [0.2, 0.25) is 0 Å². The van der Waals surface area contributed by atoms with Crippen LogP contribution in [0.15, 0.2) is 47.4 Å². The van der Waals surface area contributed by atoms with Crippen LogP contribution in [0.3, 0.4) is 0 Å². The molecule has 1 fully saturated rings. The Morgan fingerprint density at radius 1 is 0.962 bits per heavy atom. The molecule has 1 aliphatic rings. The van der Waals surface area contributed by atoms with E-state index in [0.29, 0.717) is 18.7 Å². The molecule has 1 heterocycles. The summed E-state index contributed by atoms with van der Waals surface area (Å²) in [6.45, 7) is 1.37. The third-order valence-electron chi connectivity index (χ3n) is 4.25. The second-order valence-corrected chi connectivity index (χ2v) is 8.58. The zero-order valence-corrected chi connectivity index (χ0v) is 16.2. The number of nitrogens with zero attached hydrogens (tertiary/aromatic N) is 1. The average molecular weight is 413 g/mol. The summed E-state index contributed by atoms with van der Waals surface area (Å²) in [6, 6.07) is 10.7. The van der Waals surface area contributed by atoms with Crippen LogP contribution in [0.2, 0.25) is 10.0 Å². The summed E-state index contributed by atoms with van der Waals surface area (Å²) in [5.74, 6) is -0.169. The van der Waals surface area contributed by atoms with Crippen LogP contribution in [0, 0.1) is 0 Å². The number of halogens is 2. The quantitative estimate of drug-likeness (QED) is 0.807. The van der Waals surface area contributed by atoms with Crippen molar-refractivity contribution in [2.45, 2.75) is 24.2 Å². The first-order valence-corrected chi connectivity index (χ1v) is 10.5. The van der Waals surface area contributed by atoms with Crippen LogP contribution < -0.4 is 4.72 Å². The summed E-state index contributed by atoms with van der Waals surface area (Å²) >= 11 is 11.8. The first-order chi connectivity index (χ1) is 12.4. The number of hydrogen-bond acceptors (Lipinski definition) is 3. The number of hydrogen-bond donors (Lipinski definition) is 1. The van der Waals surface area contributed by atoms with Gasteiger partial charge in [0.15, 0.2) is 0 Å². The van der Waals surface area contributed by atoms with Gasteiger partial charge in [-0.2, -0.15) is 0 Å². The topological polar surface area (TPSA) is 66.5 Å². The Balaban J connectivity index is 1.90. The van der Waals surface area contributed by atoms with E-state index in [1.54, 1.807) is 29.2 Å². The molecule has 0 saturated carbocycles. The summed E-state index contributed by atoms with van der Waals surface area (Å²) in [4.78, 5) is 14.5. The second kappa shape index (κ2) is 7.86. The lowest BCUT2D eigenvalue weighted by Crippen LogP contribution is -2.36. The van der Waals surface area contributed by atoms with Gasteiger partial charge in [-0.05, 0) is 49.6 Å². The predicted octanol–water partition coefficient (Wildman–Crippen LogP) is 4.42. The Morgan fingerprint density at radius 2 is 1.65 bits per heavy atom. The number of piperidine rings is 1. The Hall–Kier alpha value is -1.76. The molecule has 3 rings (SSSR count). The molecule has 0 radical (unpaired) electrons. The highest BCUT2D eigenvalue weighted by Crippen LogP contribution is 2.27. The van der Waals surface area contributed by atoms with E-state index in [-0.39, 0.29) is 26.5 Å². The number of nitrogens with one attached hydrogen (secondary N) is 1. The molecule has 1 aliphatic heterocycles. The van der Waals surface area contributed by atoms with Crippen molar-refractivity contribution in [3.8, 4) is 0 Å². The van der Waals surface area contributed by atoms with Crippen LogP contribution in [0.25, 0.3) is 0 Å². The van der Waals surface area contributed by atoms with Gasteiger partial charge >= 0.3 is 0 Å². The number of anilines is 1. The van der Waals surface area contributed by atoms with Gasteiger partial charge in [-0.15, -0.1) is 0 Å². The van der Waals surface area contributed by atoms with E-state index in [1.165, 1.54) is 18.2 Å². The first kappa shape index (κ1) is 19.0. The highest BCUT2D eigenvalue weighted by molar-refractivity contribution is 7.92. The third kappa shape index (κ3) is 4.14. The molecule has 0 unspecified atom stereocenters. The molecule has 8 heteroatoms. The van der Waals surface area contributed by atoms with Crippen molar-refractivity contribution in [2.24, 2.45) is 0 Å². The largest absolute Gasteiger partial charge is 0.339 e.